The Morgan fingerprint density at radius 3 is 2.71 bits per heavy atom. The summed E-state index contributed by atoms with van der Waals surface area (Å²) >= 11 is 0. The number of hydrogen-bond acceptors (Lipinski definition) is 5. The van der Waals surface area contributed by atoms with Crippen LogP contribution in [0, 0.1) is 10.1 Å². The van der Waals surface area contributed by atoms with Gasteiger partial charge in [-0.05, 0) is 19.4 Å². The number of piperidine rings is 1. The van der Waals surface area contributed by atoms with Gasteiger partial charge in [0, 0.05) is 13.1 Å². The van der Waals surface area contributed by atoms with Crippen molar-refractivity contribution in [3.63, 3.8) is 0 Å². The first-order chi connectivity index (χ1) is 8.11. The van der Waals surface area contributed by atoms with Gasteiger partial charge in [0.15, 0.2) is 0 Å². The predicted molar refractivity (Wildman–Crippen MR) is 63.7 cm³/mol. The Bertz CT molecular complexity index is 409. The van der Waals surface area contributed by atoms with Gasteiger partial charge in [0.2, 0.25) is 5.82 Å². The van der Waals surface area contributed by atoms with Gasteiger partial charge in [-0.25, -0.2) is 0 Å². The summed E-state index contributed by atoms with van der Waals surface area (Å²) in [7, 11) is 0. The summed E-state index contributed by atoms with van der Waals surface area (Å²) in [5, 5.41) is 14.7. The third-order valence-electron chi connectivity index (χ3n) is 3.32. The Balaban J connectivity index is 2.08. The number of nitro groups is 1. The predicted octanol–water partition coefficient (Wildman–Crippen LogP) is 1.03. The van der Waals surface area contributed by atoms with Gasteiger partial charge in [-0.1, -0.05) is 6.92 Å². The lowest BCUT2D eigenvalue weighted by molar-refractivity contribution is -0.384. The van der Waals surface area contributed by atoms with Crippen LogP contribution in [0.3, 0.4) is 0 Å². The smallest absolute Gasteiger partial charge is 0.330 e. The van der Waals surface area contributed by atoms with E-state index in [-0.39, 0.29) is 17.5 Å². The first-order valence-corrected chi connectivity index (χ1v) is 5.83. The Hall–Kier alpha value is -1.63. The molecule has 1 aliphatic rings. The van der Waals surface area contributed by atoms with E-state index in [0.29, 0.717) is 0 Å². The van der Waals surface area contributed by atoms with Crippen LogP contribution in [0.1, 0.15) is 25.8 Å². The number of anilines is 1. The van der Waals surface area contributed by atoms with E-state index in [1.54, 1.807) is 4.68 Å². The van der Waals surface area contributed by atoms with Crippen LogP contribution < -0.4 is 5.73 Å². The highest BCUT2D eigenvalue weighted by molar-refractivity contribution is 5.50. The standard InChI is InChI=1S/C10H17N5O2/c1-2-13-5-3-8(4-6-13)14-7-9(15(16)17)10(11)12-14/h7-8H,2-6H2,1H3,(H2,11,12). The molecule has 1 aromatic rings. The Kier molecular flexibility index (Phi) is 3.28. The minimum absolute atomic E-state index is 0.00733. The van der Waals surface area contributed by atoms with Gasteiger partial charge in [-0.2, -0.15) is 0 Å². The number of nitrogens with zero attached hydrogens (tertiary/aromatic N) is 4. The van der Waals surface area contributed by atoms with Gasteiger partial charge < -0.3 is 10.6 Å². The molecule has 0 aliphatic carbocycles. The van der Waals surface area contributed by atoms with E-state index < -0.39 is 4.92 Å². The molecule has 1 aliphatic heterocycles. The van der Waals surface area contributed by atoms with Crippen molar-refractivity contribution in [2.75, 3.05) is 25.4 Å². The molecule has 0 amide bonds. The van der Waals surface area contributed by atoms with Gasteiger partial charge in [0.1, 0.15) is 6.20 Å². The van der Waals surface area contributed by atoms with Crippen LogP contribution in [0.5, 0.6) is 0 Å². The normalized spacial score (nSPS) is 18.4. The van der Waals surface area contributed by atoms with E-state index >= 15 is 0 Å². The molecule has 0 atom stereocenters. The lowest BCUT2D eigenvalue weighted by atomic mass is 10.1. The molecular formula is C10H17N5O2. The van der Waals surface area contributed by atoms with Gasteiger partial charge in [-0.15, -0.1) is 5.10 Å². The lowest BCUT2D eigenvalue weighted by Crippen LogP contribution is -2.34. The van der Waals surface area contributed by atoms with Crippen LogP contribution in [0.15, 0.2) is 6.20 Å². The summed E-state index contributed by atoms with van der Waals surface area (Å²) in [4.78, 5) is 12.6. The molecular weight excluding hydrogens is 222 g/mol. The highest BCUT2D eigenvalue weighted by atomic mass is 16.6. The fourth-order valence-corrected chi connectivity index (χ4v) is 2.22. The molecule has 0 bridgehead atoms. The first kappa shape index (κ1) is 11.8. The molecule has 2 rings (SSSR count). The largest absolute Gasteiger partial charge is 0.376 e. The van der Waals surface area contributed by atoms with Gasteiger partial charge in [0.05, 0.1) is 11.0 Å². The average molecular weight is 239 g/mol. The van der Waals surface area contributed by atoms with Crippen molar-refractivity contribution in [1.82, 2.24) is 14.7 Å². The lowest BCUT2D eigenvalue weighted by Gasteiger charge is -2.30. The van der Waals surface area contributed by atoms with Crippen molar-refractivity contribution in [3.8, 4) is 0 Å². The maximum atomic E-state index is 10.7. The van der Waals surface area contributed by atoms with Crippen molar-refractivity contribution in [3.05, 3.63) is 16.3 Å². The zero-order chi connectivity index (χ0) is 12.4. The van der Waals surface area contributed by atoms with E-state index in [2.05, 4.69) is 16.9 Å². The number of nitrogens with two attached hydrogens (primary N) is 1. The molecule has 94 valence electrons. The third-order valence-corrected chi connectivity index (χ3v) is 3.32. The minimum Gasteiger partial charge on any atom is -0.376 e. The van der Waals surface area contributed by atoms with Crippen molar-refractivity contribution < 1.29 is 4.92 Å². The van der Waals surface area contributed by atoms with E-state index in [1.165, 1.54) is 6.20 Å². The Morgan fingerprint density at radius 1 is 1.59 bits per heavy atom. The monoisotopic (exact) mass is 239 g/mol. The van der Waals surface area contributed by atoms with Gasteiger partial charge in [-0.3, -0.25) is 14.8 Å². The summed E-state index contributed by atoms with van der Waals surface area (Å²) in [5.74, 6) is 0.00733. The molecule has 7 nitrogen and oxygen atoms in total. The second kappa shape index (κ2) is 4.70. The summed E-state index contributed by atoms with van der Waals surface area (Å²) < 4.78 is 1.65. The van der Waals surface area contributed by atoms with Crippen LogP contribution in [0.4, 0.5) is 11.5 Å². The molecule has 2 heterocycles. The second-order valence-corrected chi connectivity index (χ2v) is 4.30. The van der Waals surface area contributed by atoms with E-state index in [4.69, 9.17) is 5.73 Å². The number of likely N-dealkylation sites (tertiary alicyclic amines) is 1. The molecule has 0 saturated carbocycles. The zero-order valence-corrected chi connectivity index (χ0v) is 9.87. The molecule has 0 aromatic carbocycles. The molecule has 1 fully saturated rings. The average Bonchev–Trinajstić information content (AvgIpc) is 2.71. The molecule has 1 aromatic heterocycles. The highest BCUT2D eigenvalue weighted by Crippen LogP contribution is 2.26. The van der Waals surface area contributed by atoms with Crippen LogP contribution in [-0.4, -0.2) is 39.2 Å². The molecule has 7 heteroatoms. The van der Waals surface area contributed by atoms with Crippen molar-refractivity contribution >= 4 is 11.5 Å². The van der Waals surface area contributed by atoms with Gasteiger partial charge >= 0.3 is 5.69 Å². The summed E-state index contributed by atoms with van der Waals surface area (Å²) in [6.45, 7) is 5.20. The van der Waals surface area contributed by atoms with Crippen LogP contribution in [0.25, 0.3) is 0 Å². The zero-order valence-electron chi connectivity index (χ0n) is 9.87. The molecule has 2 N–H and O–H groups in total. The van der Waals surface area contributed by atoms with Crippen LogP contribution >= 0.6 is 0 Å². The van der Waals surface area contributed by atoms with E-state index in [0.717, 1.165) is 32.5 Å². The second-order valence-electron chi connectivity index (χ2n) is 4.30. The quantitative estimate of drug-likeness (QED) is 0.628. The topological polar surface area (TPSA) is 90.2 Å². The van der Waals surface area contributed by atoms with E-state index in [9.17, 15) is 10.1 Å². The Labute approximate surface area is 99.3 Å². The van der Waals surface area contributed by atoms with Crippen molar-refractivity contribution in [1.29, 1.82) is 0 Å². The highest BCUT2D eigenvalue weighted by Gasteiger charge is 2.24. The van der Waals surface area contributed by atoms with E-state index in [1.807, 2.05) is 0 Å². The molecule has 17 heavy (non-hydrogen) atoms. The number of aromatic nitrogens is 2. The SMILES string of the molecule is CCN1CCC(n2cc([N+](=O)[O-])c(N)n2)CC1. The van der Waals surface area contributed by atoms with Gasteiger partial charge in [0.25, 0.3) is 0 Å². The Morgan fingerprint density at radius 2 is 2.24 bits per heavy atom. The molecule has 0 spiro atoms. The number of nitrogen functional groups attached to an aromatic ring is 1. The minimum atomic E-state index is -0.486. The van der Waals surface area contributed by atoms with Crippen LogP contribution in [0.2, 0.25) is 0 Å². The maximum Gasteiger partial charge on any atom is 0.330 e. The van der Waals surface area contributed by atoms with Crippen molar-refractivity contribution in [2.24, 2.45) is 0 Å². The fourth-order valence-electron chi connectivity index (χ4n) is 2.22. The molecule has 1 saturated heterocycles. The summed E-state index contributed by atoms with van der Waals surface area (Å²) in [6, 6.07) is 0.230. The first-order valence-electron chi connectivity index (χ1n) is 5.83. The fraction of sp³-hybridized carbons (Fsp3) is 0.700. The summed E-state index contributed by atoms with van der Waals surface area (Å²) in [5.41, 5.74) is 5.42. The maximum absolute atomic E-state index is 10.7. The molecule has 0 radical (unpaired) electrons. The molecule has 0 unspecified atom stereocenters. The van der Waals surface area contributed by atoms with Crippen molar-refractivity contribution in [2.45, 2.75) is 25.8 Å². The number of rotatable bonds is 3. The number of hydrogen-bond donors (Lipinski definition) is 1. The summed E-state index contributed by atoms with van der Waals surface area (Å²) in [6.07, 6.45) is 3.37. The third kappa shape index (κ3) is 2.38. The van der Waals surface area contributed by atoms with Crippen LogP contribution in [-0.2, 0) is 0 Å².